The van der Waals surface area contributed by atoms with E-state index in [2.05, 4.69) is 29.9 Å². The van der Waals surface area contributed by atoms with Crippen LogP contribution in [0.3, 0.4) is 0 Å². The highest BCUT2D eigenvalue weighted by molar-refractivity contribution is 6.21. The number of amides is 3. The van der Waals surface area contributed by atoms with Crippen molar-refractivity contribution in [2.75, 3.05) is 63.6 Å². The summed E-state index contributed by atoms with van der Waals surface area (Å²) >= 11 is 0. The van der Waals surface area contributed by atoms with Gasteiger partial charge in [-0.05, 0) is 0 Å². The van der Waals surface area contributed by atoms with Crippen LogP contribution >= 0.6 is 0 Å². The number of esters is 3. The van der Waals surface area contributed by atoms with E-state index in [1.165, 1.54) is 42.3 Å². The maximum atomic E-state index is 13.2. The van der Waals surface area contributed by atoms with Gasteiger partial charge in [0.15, 0.2) is 34.2 Å². The summed E-state index contributed by atoms with van der Waals surface area (Å²) in [5.41, 5.74) is -4.15. The second kappa shape index (κ2) is 12.0. The average Bonchev–Trinajstić information content (AvgIpc) is 3.03. The molecule has 0 spiro atoms. The average molecular weight is 622 g/mol. The van der Waals surface area contributed by atoms with Crippen molar-refractivity contribution >= 4 is 68.7 Å². The number of rotatable bonds is 6. The predicted octanol–water partition coefficient (Wildman–Crippen LogP) is -0.0186. The van der Waals surface area contributed by atoms with Gasteiger partial charge in [0.25, 0.3) is 17.7 Å². The van der Waals surface area contributed by atoms with Crippen LogP contribution in [0, 0.1) is 0 Å². The number of methoxy groups -OCH3 is 3. The molecule has 0 aliphatic heterocycles. The lowest BCUT2D eigenvalue weighted by molar-refractivity contribution is 0.0580. The number of hydrogen-bond donors (Lipinski definition) is 0. The molecular formula is C27H27N9O9. The number of fused-ring (bicyclic) bond motifs is 6. The van der Waals surface area contributed by atoms with Crippen molar-refractivity contribution in [1.29, 1.82) is 0 Å². The van der Waals surface area contributed by atoms with Crippen molar-refractivity contribution in [1.82, 2.24) is 44.6 Å². The van der Waals surface area contributed by atoms with E-state index in [0.29, 0.717) is 0 Å². The van der Waals surface area contributed by atoms with Crippen LogP contribution in [-0.2, 0) is 14.2 Å². The van der Waals surface area contributed by atoms with Crippen molar-refractivity contribution in [3.63, 3.8) is 0 Å². The van der Waals surface area contributed by atoms with Crippen LogP contribution in [0.15, 0.2) is 0 Å². The summed E-state index contributed by atoms with van der Waals surface area (Å²) in [5.74, 6) is -5.31. The fourth-order valence-corrected chi connectivity index (χ4v) is 4.10. The van der Waals surface area contributed by atoms with Crippen LogP contribution in [0.1, 0.15) is 62.9 Å². The van der Waals surface area contributed by atoms with Gasteiger partial charge in [-0.15, -0.1) is 0 Å². The smallest absolute Gasteiger partial charge is 0.359 e. The summed E-state index contributed by atoms with van der Waals surface area (Å²) in [4.78, 5) is 108. The third-order valence-corrected chi connectivity index (χ3v) is 6.32. The van der Waals surface area contributed by atoms with E-state index in [4.69, 9.17) is 14.2 Å². The standard InChI is InChI=1S/C27H27N9O9/c1-34(2)22(37)16-19(25(40)43-7)31-13-10(28-16)14-12(30-17(23(38)35(3)4)20(32-14)26(41)44-8)15-11(13)29-18(24(39)36(5)6)21(33-15)27(42)45-9/h1-9H3. The molecule has 0 aliphatic rings. The number of aromatic nitrogens is 6. The Hall–Kier alpha value is -5.94. The van der Waals surface area contributed by atoms with Crippen LogP contribution in [0.25, 0.3) is 33.1 Å². The minimum atomic E-state index is -1.03. The number of hydrogen-bond acceptors (Lipinski definition) is 15. The SMILES string of the molecule is COC(=O)c1nc2c(nc1C(=O)N(C)C)c1nc(C(=O)OC)c(C(=O)N(C)C)nc1c1nc(C(=O)OC)c(C(=O)N(C)C)nc21. The Bertz CT molecular complexity index is 1720. The molecule has 45 heavy (non-hydrogen) atoms. The Kier molecular flexibility index (Phi) is 8.51. The van der Waals surface area contributed by atoms with Crippen LogP contribution in [0.2, 0.25) is 0 Å². The fraction of sp³-hybridized carbons (Fsp3) is 0.333. The highest BCUT2D eigenvalue weighted by atomic mass is 16.5. The Labute approximate surface area is 254 Å². The minimum Gasteiger partial charge on any atom is -0.464 e. The molecule has 1 aromatic carbocycles. The molecule has 0 bridgehead atoms. The van der Waals surface area contributed by atoms with Crippen LogP contribution < -0.4 is 0 Å². The molecule has 4 aromatic rings. The van der Waals surface area contributed by atoms with Crippen LogP contribution in [0.5, 0.6) is 0 Å². The summed E-state index contributed by atoms with van der Waals surface area (Å²) in [6, 6.07) is 0. The van der Waals surface area contributed by atoms with Gasteiger partial charge >= 0.3 is 17.9 Å². The quantitative estimate of drug-likeness (QED) is 0.157. The molecule has 3 amide bonds. The summed E-state index contributed by atoms with van der Waals surface area (Å²) in [6.45, 7) is 0. The molecule has 0 aliphatic carbocycles. The van der Waals surface area contributed by atoms with Gasteiger partial charge in [0.05, 0.1) is 21.3 Å². The van der Waals surface area contributed by atoms with Gasteiger partial charge in [0.2, 0.25) is 0 Å². The maximum Gasteiger partial charge on any atom is 0.359 e. The minimum absolute atomic E-state index is 0.208. The molecule has 18 nitrogen and oxygen atoms in total. The molecule has 0 fully saturated rings. The van der Waals surface area contributed by atoms with E-state index in [1.54, 1.807) is 0 Å². The van der Waals surface area contributed by atoms with E-state index in [1.807, 2.05) is 0 Å². The predicted molar refractivity (Wildman–Crippen MR) is 154 cm³/mol. The Morgan fingerprint density at radius 3 is 0.711 bits per heavy atom. The molecule has 3 heterocycles. The van der Waals surface area contributed by atoms with E-state index in [9.17, 15) is 28.8 Å². The first-order chi connectivity index (χ1) is 21.2. The molecule has 3 aromatic heterocycles. The van der Waals surface area contributed by atoms with E-state index in [-0.39, 0.29) is 33.1 Å². The van der Waals surface area contributed by atoms with Gasteiger partial charge < -0.3 is 28.9 Å². The maximum absolute atomic E-state index is 13.2. The molecule has 0 unspecified atom stereocenters. The third kappa shape index (κ3) is 5.36. The number of carbonyl (C=O) groups excluding carboxylic acids is 6. The first-order valence-corrected chi connectivity index (χ1v) is 12.8. The van der Waals surface area contributed by atoms with Gasteiger partial charge in [-0.2, -0.15) is 0 Å². The van der Waals surface area contributed by atoms with E-state index < -0.39 is 69.8 Å². The lowest BCUT2D eigenvalue weighted by Crippen LogP contribution is -2.28. The molecule has 4 rings (SSSR count). The highest BCUT2D eigenvalue weighted by Crippen LogP contribution is 2.32. The number of nitrogens with zero attached hydrogens (tertiary/aromatic N) is 9. The zero-order chi connectivity index (χ0) is 33.5. The van der Waals surface area contributed by atoms with Gasteiger partial charge in [-0.25, -0.2) is 44.3 Å². The summed E-state index contributed by atoms with van der Waals surface area (Å²) < 4.78 is 14.5. The molecule has 0 atom stereocenters. The zero-order valence-corrected chi connectivity index (χ0v) is 25.7. The molecule has 234 valence electrons. The molecular weight excluding hydrogens is 594 g/mol. The number of ether oxygens (including phenoxy) is 3. The van der Waals surface area contributed by atoms with Crippen molar-refractivity contribution in [2.24, 2.45) is 0 Å². The van der Waals surface area contributed by atoms with Crippen molar-refractivity contribution in [2.45, 2.75) is 0 Å². The van der Waals surface area contributed by atoms with Crippen molar-refractivity contribution < 1.29 is 43.0 Å². The van der Waals surface area contributed by atoms with Crippen molar-refractivity contribution in [3.05, 3.63) is 34.2 Å². The van der Waals surface area contributed by atoms with Crippen LogP contribution in [0.4, 0.5) is 0 Å². The van der Waals surface area contributed by atoms with Gasteiger partial charge in [0, 0.05) is 42.3 Å². The van der Waals surface area contributed by atoms with Gasteiger partial charge in [0.1, 0.15) is 33.1 Å². The first kappa shape index (κ1) is 32.0. The second-order valence-corrected chi connectivity index (χ2v) is 9.93. The van der Waals surface area contributed by atoms with E-state index >= 15 is 0 Å². The van der Waals surface area contributed by atoms with E-state index in [0.717, 1.165) is 36.0 Å². The zero-order valence-electron chi connectivity index (χ0n) is 25.7. The largest absolute Gasteiger partial charge is 0.464 e. The topological polar surface area (TPSA) is 217 Å². The summed E-state index contributed by atoms with van der Waals surface area (Å²) in [7, 11) is 11.7. The lowest BCUT2D eigenvalue weighted by atomic mass is 10.1. The van der Waals surface area contributed by atoms with Gasteiger partial charge in [-0.3, -0.25) is 14.4 Å². The Morgan fingerprint density at radius 2 is 0.556 bits per heavy atom. The summed E-state index contributed by atoms with van der Waals surface area (Å²) in [5, 5.41) is 0. The lowest BCUT2D eigenvalue weighted by Gasteiger charge is -2.17. The fourth-order valence-electron chi connectivity index (χ4n) is 4.10. The molecule has 0 radical (unpaired) electrons. The number of benzene rings is 1. The highest BCUT2D eigenvalue weighted by Gasteiger charge is 2.32. The Balaban J connectivity index is 2.40. The first-order valence-electron chi connectivity index (χ1n) is 12.8. The molecule has 0 N–H and O–H groups in total. The van der Waals surface area contributed by atoms with Gasteiger partial charge in [-0.1, -0.05) is 0 Å². The Morgan fingerprint density at radius 1 is 0.378 bits per heavy atom. The summed E-state index contributed by atoms with van der Waals surface area (Å²) in [6.07, 6.45) is 0. The normalized spacial score (nSPS) is 10.9. The van der Waals surface area contributed by atoms with Crippen LogP contribution in [-0.4, -0.2) is 144 Å². The number of carbonyl (C=O) groups is 6. The molecule has 0 saturated carbocycles. The molecule has 0 saturated heterocycles. The monoisotopic (exact) mass is 621 g/mol. The second-order valence-electron chi connectivity index (χ2n) is 9.93. The molecule has 18 heteroatoms. The third-order valence-electron chi connectivity index (χ3n) is 6.32. The van der Waals surface area contributed by atoms with Crippen molar-refractivity contribution in [3.8, 4) is 0 Å².